The van der Waals surface area contributed by atoms with Crippen LogP contribution in [-0.4, -0.2) is 199 Å². The Morgan fingerprint density at radius 2 is 0.347 bits per heavy atom. The molecule has 72 heavy (non-hydrogen) atoms. The van der Waals surface area contributed by atoms with Crippen LogP contribution in [0.3, 0.4) is 0 Å². The van der Waals surface area contributed by atoms with E-state index in [4.69, 9.17) is 0 Å². The van der Waals surface area contributed by atoms with E-state index < -0.39 is 122 Å². The molecule has 5 aliphatic heterocycles. The molecule has 0 radical (unpaired) electrons. The number of rotatable bonds is 16. The van der Waals surface area contributed by atoms with E-state index in [1.54, 1.807) is 0 Å². The summed E-state index contributed by atoms with van der Waals surface area (Å²) in [5.74, 6) is -6.94. The molecule has 4 saturated carbocycles. The minimum Gasteiger partial charge on any atom is -0.312 e. The molecule has 16 nitrogen and oxygen atoms in total. The van der Waals surface area contributed by atoms with Crippen LogP contribution in [0.2, 0.25) is 0 Å². The van der Waals surface area contributed by atoms with Crippen LogP contribution >= 0.6 is 0 Å². The fourth-order valence-electron chi connectivity index (χ4n) is 16.2. The molecule has 0 amide bonds. The number of hydrogen-bond donors (Lipinski definition) is 16. The van der Waals surface area contributed by atoms with Crippen molar-refractivity contribution in [1.82, 2.24) is 85.1 Å². The number of alkyl halides is 8. The molecular formula is C48H88F8N16. The van der Waals surface area contributed by atoms with Crippen molar-refractivity contribution in [3.05, 3.63) is 0 Å². The lowest BCUT2D eigenvalue weighted by atomic mass is 9.66. The van der Waals surface area contributed by atoms with Crippen LogP contribution in [0.4, 0.5) is 35.1 Å². The van der Waals surface area contributed by atoms with Crippen LogP contribution in [0.25, 0.3) is 0 Å². The van der Waals surface area contributed by atoms with Crippen LogP contribution in [-0.2, 0) is 0 Å². The monoisotopic (exact) mass is 1040 g/mol. The Hall–Kier alpha value is -1.20. The second-order valence-corrected chi connectivity index (χ2v) is 22.0. The predicted molar refractivity (Wildman–Crippen MR) is 262 cm³/mol. The van der Waals surface area contributed by atoms with Crippen molar-refractivity contribution in [2.45, 2.75) is 202 Å². The second kappa shape index (κ2) is 23.4. The summed E-state index contributed by atoms with van der Waals surface area (Å²) in [6.07, 6.45) is -28.3. The Labute approximate surface area is 421 Å². The van der Waals surface area contributed by atoms with Crippen LogP contribution in [0.5, 0.6) is 0 Å². The van der Waals surface area contributed by atoms with Crippen LogP contribution < -0.4 is 85.1 Å². The van der Waals surface area contributed by atoms with Gasteiger partial charge in [0, 0.05) is 95.7 Å². The van der Waals surface area contributed by atoms with Crippen molar-refractivity contribution in [3.8, 4) is 0 Å². The van der Waals surface area contributed by atoms with Gasteiger partial charge in [-0.3, -0.25) is 42.5 Å². The van der Waals surface area contributed by atoms with Gasteiger partial charge in [-0.2, -0.15) is 0 Å². The van der Waals surface area contributed by atoms with Gasteiger partial charge in [0.05, 0.1) is 49.3 Å². The van der Waals surface area contributed by atoms with E-state index in [9.17, 15) is 0 Å². The largest absolute Gasteiger partial charge is 0.312 e. The van der Waals surface area contributed by atoms with Gasteiger partial charge >= 0.3 is 0 Å². The van der Waals surface area contributed by atoms with E-state index in [1.807, 2.05) is 0 Å². The fraction of sp³-hybridized carbons (Fsp3) is 1.00. The van der Waals surface area contributed by atoms with Crippen molar-refractivity contribution in [3.63, 3.8) is 0 Å². The summed E-state index contributed by atoms with van der Waals surface area (Å²) in [4.78, 5) is 0. The molecule has 0 aromatic heterocycles. The summed E-state index contributed by atoms with van der Waals surface area (Å²) >= 11 is 0. The summed E-state index contributed by atoms with van der Waals surface area (Å²) in [6, 6.07) is -1.15. The molecule has 8 bridgehead atoms. The van der Waals surface area contributed by atoms with Gasteiger partial charge in [0.15, 0.2) is 24.7 Å². The maximum atomic E-state index is 16.7. The third-order valence-electron chi connectivity index (χ3n) is 18.5. The lowest BCUT2D eigenvalue weighted by Crippen LogP contribution is -2.76. The smallest absolute Gasteiger partial charge is 0.165 e. The molecule has 32 unspecified atom stereocenters. The molecule has 9 rings (SSSR count). The highest BCUT2D eigenvalue weighted by Crippen LogP contribution is 2.50. The van der Waals surface area contributed by atoms with E-state index in [-0.39, 0.29) is 72.0 Å². The number of fused-ring (bicyclic) bond motifs is 20. The Balaban J connectivity index is 1.22. The average Bonchev–Trinajstić information content (AvgIpc) is 4.11. The molecule has 5 saturated heterocycles. The molecule has 416 valence electrons. The van der Waals surface area contributed by atoms with Gasteiger partial charge < -0.3 is 42.5 Å². The first-order chi connectivity index (χ1) is 34.7. The summed E-state index contributed by atoms with van der Waals surface area (Å²) in [7, 11) is 0. The molecule has 0 aromatic rings. The zero-order valence-electron chi connectivity index (χ0n) is 43.2. The van der Waals surface area contributed by atoms with Gasteiger partial charge in [-0.15, -0.1) is 0 Å². The molecule has 24 heteroatoms. The van der Waals surface area contributed by atoms with Crippen molar-refractivity contribution in [2.24, 2.45) is 47.3 Å². The van der Waals surface area contributed by atoms with Crippen molar-refractivity contribution >= 4 is 0 Å². The highest BCUT2D eigenvalue weighted by molar-refractivity contribution is 5.23. The fourth-order valence-corrected chi connectivity index (χ4v) is 16.2. The number of nitrogens with one attached hydrogen (secondary N) is 16. The summed E-state index contributed by atoms with van der Waals surface area (Å²) < 4.78 is 130. The van der Waals surface area contributed by atoms with E-state index in [2.05, 4.69) is 140 Å². The molecule has 4 aliphatic carbocycles. The molecule has 0 spiro atoms. The Kier molecular flexibility index (Phi) is 18.1. The quantitative estimate of drug-likeness (QED) is 0.0834. The topological polar surface area (TPSA) is 192 Å². The number of likely N-dealkylation sites (N-methyl/N-ethyl adjacent to an activating group) is 8. The van der Waals surface area contributed by atoms with E-state index in [0.717, 1.165) is 0 Å². The molecular weight excluding hydrogens is 953 g/mol. The normalized spacial score (nSPS) is 54.0. The average molecular weight is 1040 g/mol. The maximum absolute atomic E-state index is 16.7. The highest BCUT2D eigenvalue weighted by Gasteiger charge is 2.68. The van der Waals surface area contributed by atoms with E-state index in [0.29, 0.717) is 52.4 Å². The third-order valence-corrected chi connectivity index (χ3v) is 18.5. The van der Waals surface area contributed by atoms with Crippen LogP contribution in [0.1, 0.15) is 55.4 Å². The zero-order chi connectivity index (χ0) is 51.4. The summed E-state index contributed by atoms with van der Waals surface area (Å²) in [5, 5.41) is 59.6. The Morgan fingerprint density at radius 1 is 0.208 bits per heavy atom. The molecule has 16 N–H and O–H groups in total. The van der Waals surface area contributed by atoms with E-state index >= 15 is 35.1 Å². The minimum absolute atomic E-state index is 0.0855. The first-order valence-corrected chi connectivity index (χ1v) is 27.8. The van der Waals surface area contributed by atoms with Gasteiger partial charge in [0.25, 0.3) is 0 Å². The first-order valence-electron chi connectivity index (χ1n) is 27.8. The Bertz CT molecular complexity index is 1630. The van der Waals surface area contributed by atoms with Gasteiger partial charge in [0.2, 0.25) is 0 Å². The maximum Gasteiger partial charge on any atom is 0.165 e. The lowest BCUT2D eigenvalue weighted by molar-refractivity contribution is -0.0872. The summed E-state index contributed by atoms with van der Waals surface area (Å²) in [6.45, 7) is 21.8. The minimum atomic E-state index is -2.80. The van der Waals surface area contributed by atoms with E-state index in [1.165, 1.54) is 0 Å². The molecule has 32 atom stereocenters. The van der Waals surface area contributed by atoms with Gasteiger partial charge in [-0.25, -0.2) is 35.1 Å². The van der Waals surface area contributed by atoms with Crippen LogP contribution in [0, 0.1) is 47.3 Å². The SMILES string of the molecule is CCNC1C(NCC)C(NCC)C2C3NC(NC4NC(NC5NC(NC6NC(N3)C3C(NCC)C(NCC)C(NCC)C(NCC)C63)C3C(F)C(F)C(F)C(F)C53)C3C(F)C(F)C(F)C(F)C43)C2C1NCC. The molecule has 0 aromatic carbocycles. The zero-order valence-corrected chi connectivity index (χ0v) is 43.2. The van der Waals surface area contributed by atoms with Crippen molar-refractivity contribution < 1.29 is 35.1 Å². The Morgan fingerprint density at radius 3 is 0.500 bits per heavy atom. The van der Waals surface area contributed by atoms with Gasteiger partial charge in [0.1, 0.15) is 24.7 Å². The molecule has 5 heterocycles. The van der Waals surface area contributed by atoms with Gasteiger partial charge in [-0.1, -0.05) is 55.4 Å². The molecule has 9 fully saturated rings. The molecule has 9 aliphatic rings. The standard InChI is InChI=1S/C48H88F8N16/c1-9-57-33-21-23(35(59-11-3)39(63-15-7)37(33)61-13-5)47-70-45(21)68-43-19-17(25(49)29(53)31(55)27(19)51)41(66-43)65-42-18-20(28(52)32(56)30(54)26(18)50)44(67-42)69-46-22-24(48(71-46)72-47)36(60-12-4)40(64-16-8)38(62-14-6)34(22)58-10-2/h17-48,57-72H,9-16H2,1-8H3. The number of halogens is 8. The van der Waals surface area contributed by atoms with Crippen molar-refractivity contribution in [2.75, 3.05) is 52.4 Å². The number of hydrogen-bond acceptors (Lipinski definition) is 16. The third kappa shape index (κ3) is 9.46. The van der Waals surface area contributed by atoms with Gasteiger partial charge in [-0.05, 0) is 52.4 Å². The highest BCUT2D eigenvalue weighted by atomic mass is 19.2. The van der Waals surface area contributed by atoms with Crippen LogP contribution in [0.15, 0.2) is 0 Å². The lowest BCUT2D eigenvalue weighted by Gasteiger charge is -2.54. The van der Waals surface area contributed by atoms with Crippen molar-refractivity contribution in [1.29, 1.82) is 0 Å². The summed E-state index contributed by atoms with van der Waals surface area (Å²) in [5.41, 5.74) is 0. The predicted octanol–water partition coefficient (Wildman–Crippen LogP) is -1.11. The first kappa shape index (κ1) is 55.6. The second-order valence-electron chi connectivity index (χ2n) is 22.0.